The van der Waals surface area contributed by atoms with E-state index in [2.05, 4.69) is 18.7 Å². The molecule has 0 radical (unpaired) electrons. The molecule has 0 aliphatic carbocycles. The first-order chi connectivity index (χ1) is 6.74. The highest BCUT2D eigenvalue weighted by atomic mass is 32.1. The predicted octanol–water partition coefficient (Wildman–Crippen LogP) is 2.84. The summed E-state index contributed by atoms with van der Waals surface area (Å²) >= 11 is 5.93. The highest BCUT2D eigenvalue weighted by molar-refractivity contribution is 7.80. The van der Waals surface area contributed by atoms with Crippen molar-refractivity contribution in [3.8, 4) is 6.07 Å². The molecule has 14 heavy (non-hydrogen) atoms. The minimum atomic E-state index is 0.385. The summed E-state index contributed by atoms with van der Waals surface area (Å²) in [6.07, 6.45) is 0.385. The van der Waals surface area contributed by atoms with Crippen LogP contribution in [0, 0.1) is 11.3 Å². The standard InChI is InChI=1S/C10H8N2S2/c11-3-1-7-9(13)5-8(12)6-2-4-14-10(6)7/h2,4-5,13H,1,12H2. The quantitative estimate of drug-likeness (QED) is 0.573. The van der Waals surface area contributed by atoms with Gasteiger partial charge in [0.2, 0.25) is 0 Å². The van der Waals surface area contributed by atoms with E-state index < -0.39 is 0 Å². The first-order valence-electron chi connectivity index (χ1n) is 4.08. The normalized spacial score (nSPS) is 10.3. The third-order valence-corrected chi connectivity index (χ3v) is 3.48. The van der Waals surface area contributed by atoms with Gasteiger partial charge in [-0.05, 0) is 23.1 Å². The molecule has 1 heterocycles. The molecule has 2 aromatic rings. The van der Waals surface area contributed by atoms with Crippen LogP contribution in [0.1, 0.15) is 5.56 Å². The largest absolute Gasteiger partial charge is 0.398 e. The van der Waals surface area contributed by atoms with Gasteiger partial charge in [0.1, 0.15) is 0 Å². The van der Waals surface area contributed by atoms with Crippen molar-refractivity contribution in [1.29, 1.82) is 5.26 Å². The molecule has 2 N–H and O–H groups in total. The zero-order valence-corrected chi connectivity index (χ0v) is 9.03. The van der Waals surface area contributed by atoms with Gasteiger partial charge < -0.3 is 5.73 Å². The molecule has 0 bridgehead atoms. The van der Waals surface area contributed by atoms with Crippen molar-refractivity contribution >= 4 is 39.7 Å². The molecule has 2 rings (SSSR count). The number of hydrogen-bond donors (Lipinski definition) is 2. The van der Waals surface area contributed by atoms with Gasteiger partial charge in [-0.1, -0.05) is 0 Å². The number of fused-ring (bicyclic) bond motifs is 1. The van der Waals surface area contributed by atoms with Gasteiger partial charge in [0.25, 0.3) is 0 Å². The smallest absolute Gasteiger partial charge is 0.0670 e. The van der Waals surface area contributed by atoms with E-state index in [1.165, 1.54) is 0 Å². The predicted molar refractivity (Wildman–Crippen MR) is 62.8 cm³/mol. The van der Waals surface area contributed by atoms with Crippen LogP contribution in [-0.4, -0.2) is 0 Å². The van der Waals surface area contributed by atoms with Crippen molar-refractivity contribution < 1.29 is 0 Å². The Balaban J connectivity index is 2.81. The Hall–Kier alpha value is -1.18. The molecule has 2 nitrogen and oxygen atoms in total. The minimum absolute atomic E-state index is 0.385. The number of rotatable bonds is 1. The monoisotopic (exact) mass is 220 g/mol. The highest BCUT2D eigenvalue weighted by Gasteiger charge is 2.09. The van der Waals surface area contributed by atoms with E-state index >= 15 is 0 Å². The summed E-state index contributed by atoms with van der Waals surface area (Å²) in [5.41, 5.74) is 7.55. The summed E-state index contributed by atoms with van der Waals surface area (Å²) in [7, 11) is 0. The Morgan fingerprint density at radius 1 is 1.57 bits per heavy atom. The molecule has 0 aliphatic rings. The van der Waals surface area contributed by atoms with Gasteiger partial charge in [0.05, 0.1) is 12.5 Å². The lowest BCUT2D eigenvalue weighted by Crippen LogP contribution is -1.90. The van der Waals surface area contributed by atoms with E-state index in [9.17, 15) is 0 Å². The Morgan fingerprint density at radius 3 is 3.07 bits per heavy atom. The Kier molecular flexibility index (Phi) is 2.36. The molecule has 0 aliphatic heterocycles. The zero-order chi connectivity index (χ0) is 10.1. The van der Waals surface area contributed by atoms with Crippen LogP contribution in [0.2, 0.25) is 0 Å². The fraction of sp³-hybridized carbons (Fsp3) is 0.100. The zero-order valence-electron chi connectivity index (χ0n) is 7.32. The number of anilines is 1. The first-order valence-corrected chi connectivity index (χ1v) is 5.41. The maximum Gasteiger partial charge on any atom is 0.0670 e. The molecule has 0 atom stereocenters. The Bertz CT molecular complexity index is 523. The van der Waals surface area contributed by atoms with Crippen molar-refractivity contribution in [2.75, 3.05) is 5.73 Å². The molecule has 0 saturated heterocycles. The van der Waals surface area contributed by atoms with Gasteiger partial charge in [-0.2, -0.15) is 5.26 Å². The van der Waals surface area contributed by atoms with Crippen molar-refractivity contribution in [3.05, 3.63) is 23.1 Å². The van der Waals surface area contributed by atoms with Crippen LogP contribution in [0.5, 0.6) is 0 Å². The molecule has 1 aromatic carbocycles. The summed E-state index contributed by atoms with van der Waals surface area (Å²) in [6.45, 7) is 0. The van der Waals surface area contributed by atoms with Gasteiger partial charge in [-0.25, -0.2) is 0 Å². The maximum absolute atomic E-state index is 8.70. The van der Waals surface area contributed by atoms with Crippen molar-refractivity contribution in [2.45, 2.75) is 11.3 Å². The minimum Gasteiger partial charge on any atom is -0.398 e. The number of nitrogens with zero attached hydrogens (tertiary/aromatic N) is 1. The fourth-order valence-corrected chi connectivity index (χ4v) is 2.83. The van der Waals surface area contributed by atoms with Crippen molar-refractivity contribution in [2.24, 2.45) is 0 Å². The number of thiophene rings is 1. The van der Waals surface area contributed by atoms with Crippen molar-refractivity contribution in [1.82, 2.24) is 0 Å². The second-order valence-electron chi connectivity index (χ2n) is 2.96. The topological polar surface area (TPSA) is 49.8 Å². The van der Waals surface area contributed by atoms with E-state index in [1.807, 2.05) is 17.5 Å². The van der Waals surface area contributed by atoms with E-state index in [0.29, 0.717) is 6.42 Å². The van der Waals surface area contributed by atoms with Crippen LogP contribution >= 0.6 is 24.0 Å². The van der Waals surface area contributed by atoms with Crippen LogP contribution in [-0.2, 0) is 6.42 Å². The number of benzene rings is 1. The maximum atomic E-state index is 8.70. The summed E-state index contributed by atoms with van der Waals surface area (Å²) in [5.74, 6) is 0. The summed E-state index contributed by atoms with van der Waals surface area (Å²) in [4.78, 5) is 0.805. The van der Waals surface area contributed by atoms with Crippen LogP contribution in [0.4, 0.5) is 5.69 Å². The number of thiol groups is 1. The van der Waals surface area contributed by atoms with Gasteiger partial charge in [0, 0.05) is 20.7 Å². The SMILES string of the molecule is N#CCc1c(S)cc(N)c2ccsc12. The molecule has 0 fully saturated rings. The first kappa shape index (κ1) is 9.38. The fourth-order valence-electron chi connectivity index (χ4n) is 1.45. The van der Waals surface area contributed by atoms with E-state index in [1.54, 1.807) is 11.3 Å². The number of nitrogen functional groups attached to an aromatic ring is 1. The highest BCUT2D eigenvalue weighted by Crippen LogP contribution is 2.34. The van der Waals surface area contributed by atoms with Gasteiger partial charge in [0.15, 0.2) is 0 Å². The van der Waals surface area contributed by atoms with E-state index in [-0.39, 0.29) is 0 Å². The number of hydrogen-bond acceptors (Lipinski definition) is 4. The molecule has 4 heteroatoms. The average Bonchev–Trinajstić information content (AvgIpc) is 2.60. The second-order valence-corrected chi connectivity index (χ2v) is 4.36. The lowest BCUT2D eigenvalue weighted by molar-refractivity contribution is 1.22. The molecule has 0 saturated carbocycles. The molecule has 1 aromatic heterocycles. The second kappa shape index (κ2) is 3.52. The molecular weight excluding hydrogens is 212 g/mol. The molecular formula is C10H8N2S2. The van der Waals surface area contributed by atoms with Crippen LogP contribution in [0.25, 0.3) is 10.1 Å². The lowest BCUT2D eigenvalue weighted by atomic mass is 10.1. The lowest BCUT2D eigenvalue weighted by Gasteiger charge is -2.05. The van der Waals surface area contributed by atoms with Gasteiger partial charge in [-0.3, -0.25) is 0 Å². The third kappa shape index (κ3) is 1.35. The Morgan fingerprint density at radius 2 is 2.36 bits per heavy atom. The summed E-state index contributed by atoms with van der Waals surface area (Å²) < 4.78 is 1.08. The van der Waals surface area contributed by atoms with Crippen LogP contribution in [0.15, 0.2) is 22.4 Å². The molecule has 0 amide bonds. The Labute approximate surface area is 91.4 Å². The van der Waals surface area contributed by atoms with Gasteiger partial charge >= 0.3 is 0 Å². The van der Waals surface area contributed by atoms with E-state index in [4.69, 9.17) is 11.0 Å². The summed E-state index contributed by atoms with van der Waals surface area (Å²) in [6, 6.07) is 5.93. The third-order valence-electron chi connectivity index (χ3n) is 2.11. The number of nitriles is 1. The van der Waals surface area contributed by atoms with E-state index in [0.717, 1.165) is 26.2 Å². The molecule has 0 spiro atoms. The average molecular weight is 220 g/mol. The molecule has 70 valence electrons. The van der Waals surface area contributed by atoms with Crippen LogP contribution < -0.4 is 5.73 Å². The van der Waals surface area contributed by atoms with Crippen LogP contribution in [0.3, 0.4) is 0 Å². The van der Waals surface area contributed by atoms with Gasteiger partial charge in [-0.15, -0.1) is 24.0 Å². The number of nitrogens with two attached hydrogens (primary N) is 1. The van der Waals surface area contributed by atoms with Crippen molar-refractivity contribution in [3.63, 3.8) is 0 Å². The summed E-state index contributed by atoms with van der Waals surface area (Å²) in [5, 5.41) is 11.7. The molecule has 0 unspecified atom stereocenters.